The highest BCUT2D eigenvalue weighted by atomic mass is 79.9. The molecule has 3 heteroatoms. The molecule has 0 spiro atoms. The number of ether oxygens (including phenoxy) is 1. The largest absolute Gasteiger partial charge is 0.496 e. The van der Waals surface area contributed by atoms with Crippen LogP contribution in [0.25, 0.3) is 0 Å². The number of hydrogen-bond donors (Lipinski definition) is 1. The summed E-state index contributed by atoms with van der Waals surface area (Å²) in [5, 5.41) is 11.0. The van der Waals surface area contributed by atoms with Crippen molar-refractivity contribution in [1.29, 1.82) is 0 Å². The molecular weight excluding hydrogens is 304 g/mol. The normalized spacial score (nSPS) is 27.3. The van der Waals surface area contributed by atoms with Crippen molar-refractivity contribution in [1.82, 2.24) is 0 Å². The highest BCUT2D eigenvalue weighted by Gasteiger charge is 2.37. The van der Waals surface area contributed by atoms with Crippen molar-refractivity contribution in [3.63, 3.8) is 0 Å². The van der Waals surface area contributed by atoms with Gasteiger partial charge in [0.25, 0.3) is 0 Å². The first-order valence-corrected chi connectivity index (χ1v) is 7.93. The van der Waals surface area contributed by atoms with E-state index in [2.05, 4.69) is 35.0 Å². The van der Waals surface area contributed by atoms with Gasteiger partial charge in [-0.05, 0) is 52.4 Å². The predicted molar refractivity (Wildman–Crippen MR) is 81.6 cm³/mol. The van der Waals surface area contributed by atoms with Gasteiger partial charge in [-0.15, -0.1) is 0 Å². The van der Waals surface area contributed by atoms with Crippen LogP contribution in [0.3, 0.4) is 0 Å². The van der Waals surface area contributed by atoms with Gasteiger partial charge < -0.3 is 9.84 Å². The lowest BCUT2D eigenvalue weighted by Gasteiger charge is -2.40. The SMILES string of the molecule is CCC1CCCCC1(O)Cc1ccc(OC)c(Br)c1. The second-order valence-electron chi connectivity index (χ2n) is 5.60. The van der Waals surface area contributed by atoms with Crippen LogP contribution in [0.4, 0.5) is 0 Å². The summed E-state index contributed by atoms with van der Waals surface area (Å²) in [7, 11) is 1.67. The molecule has 1 saturated carbocycles. The van der Waals surface area contributed by atoms with Crippen LogP contribution in [0.2, 0.25) is 0 Å². The third kappa shape index (κ3) is 3.32. The summed E-state index contributed by atoms with van der Waals surface area (Å²) in [6, 6.07) is 6.09. The smallest absolute Gasteiger partial charge is 0.133 e. The molecule has 19 heavy (non-hydrogen) atoms. The van der Waals surface area contributed by atoms with Crippen molar-refractivity contribution >= 4 is 15.9 Å². The van der Waals surface area contributed by atoms with E-state index in [1.165, 1.54) is 12.0 Å². The zero-order chi connectivity index (χ0) is 13.9. The van der Waals surface area contributed by atoms with E-state index in [0.29, 0.717) is 5.92 Å². The topological polar surface area (TPSA) is 29.5 Å². The number of rotatable bonds is 4. The minimum Gasteiger partial charge on any atom is -0.496 e. The number of methoxy groups -OCH3 is 1. The Morgan fingerprint density at radius 3 is 2.84 bits per heavy atom. The molecule has 0 aliphatic heterocycles. The van der Waals surface area contributed by atoms with Crippen LogP contribution in [0.1, 0.15) is 44.6 Å². The van der Waals surface area contributed by atoms with Crippen molar-refractivity contribution < 1.29 is 9.84 Å². The van der Waals surface area contributed by atoms with Gasteiger partial charge in [0.05, 0.1) is 17.2 Å². The van der Waals surface area contributed by atoms with E-state index in [4.69, 9.17) is 4.74 Å². The van der Waals surface area contributed by atoms with Crippen molar-refractivity contribution in [3.05, 3.63) is 28.2 Å². The zero-order valence-electron chi connectivity index (χ0n) is 11.8. The lowest BCUT2D eigenvalue weighted by Crippen LogP contribution is -2.42. The number of aliphatic hydroxyl groups is 1. The third-order valence-electron chi connectivity index (χ3n) is 4.39. The minimum atomic E-state index is -0.527. The molecule has 1 aliphatic rings. The lowest BCUT2D eigenvalue weighted by molar-refractivity contribution is -0.0491. The summed E-state index contributed by atoms with van der Waals surface area (Å²) in [4.78, 5) is 0. The molecule has 1 aromatic carbocycles. The van der Waals surface area contributed by atoms with E-state index >= 15 is 0 Å². The van der Waals surface area contributed by atoms with Gasteiger partial charge in [0.1, 0.15) is 5.75 Å². The van der Waals surface area contributed by atoms with Crippen LogP contribution in [-0.2, 0) is 6.42 Å². The molecule has 2 unspecified atom stereocenters. The van der Waals surface area contributed by atoms with Gasteiger partial charge in [0, 0.05) is 6.42 Å². The Kier molecular flexibility index (Phi) is 4.91. The monoisotopic (exact) mass is 326 g/mol. The summed E-state index contributed by atoms with van der Waals surface area (Å²) >= 11 is 3.52. The fraction of sp³-hybridized carbons (Fsp3) is 0.625. The van der Waals surface area contributed by atoms with Crippen LogP contribution in [0.5, 0.6) is 5.75 Å². The van der Waals surface area contributed by atoms with Crippen LogP contribution < -0.4 is 4.74 Å². The van der Waals surface area contributed by atoms with E-state index in [0.717, 1.165) is 42.3 Å². The maximum Gasteiger partial charge on any atom is 0.133 e. The maximum atomic E-state index is 11.0. The number of halogens is 1. The molecule has 2 atom stereocenters. The maximum absolute atomic E-state index is 11.0. The second-order valence-corrected chi connectivity index (χ2v) is 6.45. The highest BCUT2D eigenvalue weighted by Crippen LogP contribution is 2.39. The molecule has 106 valence electrons. The molecule has 1 aromatic rings. The van der Waals surface area contributed by atoms with Crippen LogP contribution in [0.15, 0.2) is 22.7 Å². The van der Waals surface area contributed by atoms with Gasteiger partial charge >= 0.3 is 0 Å². The number of benzene rings is 1. The Morgan fingerprint density at radius 1 is 1.42 bits per heavy atom. The zero-order valence-corrected chi connectivity index (χ0v) is 13.4. The van der Waals surface area contributed by atoms with E-state index in [1.54, 1.807) is 7.11 Å². The van der Waals surface area contributed by atoms with Gasteiger partial charge in [0.2, 0.25) is 0 Å². The average molecular weight is 327 g/mol. The van der Waals surface area contributed by atoms with Gasteiger partial charge in [-0.1, -0.05) is 32.3 Å². The highest BCUT2D eigenvalue weighted by molar-refractivity contribution is 9.10. The van der Waals surface area contributed by atoms with Gasteiger partial charge in [-0.3, -0.25) is 0 Å². The summed E-state index contributed by atoms with van der Waals surface area (Å²) in [6.45, 7) is 2.19. The van der Waals surface area contributed by atoms with Crippen molar-refractivity contribution in [2.24, 2.45) is 5.92 Å². The summed E-state index contributed by atoms with van der Waals surface area (Å²) in [6.07, 6.45) is 6.29. The summed E-state index contributed by atoms with van der Waals surface area (Å²) < 4.78 is 6.21. The Morgan fingerprint density at radius 2 is 2.21 bits per heavy atom. The quantitative estimate of drug-likeness (QED) is 0.892. The molecule has 0 saturated heterocycles. The van der Waals surface area contributed by atoms with Crippen molar-refractivity contribution in [2.75, 3.05) is 7.11 Å². The molecule has 1 fully saturated rings. The fourth-order valence-electron chi connectivity index (χ4n) is 3.28. The van der Waals surface area contributed by atoms with Gasteiger partial charge in [-0.25, -0.2) is 0 Å². The Balaban J connectivity index is 2.16. The molecule has 1 aliphatic carbocycles. The Hall–Kier alpha value is -0.540. The molecule has 0 heterocycles. The summed E-state index contributed by atoms with van der Waals surface area (Å²) in [5.74, 6) is 1.27. The van der Waals surface area contributed by atoms with Crippen LogP contribution in [-0.4, -0.2) is 17.8 Å². The van der Waals surface area contributed by atoms with Crippen LogP contribution in [0, 0.1) is 5.92 Å². The minimum absolute atomic E-state index is 0.433. The molecule has 0 aromatic heterocycles. The first kappa shape index (κ1) is 14.9. The average Bonchev–Trinajstić information content (AvgIpc) is 2.39. The van der Waals surface area contributed by atoms with E-state index in [9.17, 15) is 5.11 Å². The molecule has 2 rings (SSSR count). The van der Waals surface area contributed by atoms with E-state index in [1.807, 2.05) is 6.07 Å². The van der Waals surface area contributed by atoms with Gasteiger partial charge in [-0.2, -0.15) is 0 Å². The third-order valence-corrected chi connectivity index (χ3v) is 5.01. The Labute approximate surface area is 124 Å². The van der Waals surface area contributed by atoms with E-state index < -0.39 is 5.60 Å². The summed E-state index contributed by atoms with van der Waals surface area (Å²) in [5.41, 5.74) is 0.650. The molecule has 2 nitrogen and oxygen atoms in total. The molecule has 0 bridgehead atoms. The first-order chi connectivity index (χ1) is 9.09. The molecule has 0 radical (unpaired) electrons. The van der Waals surface area contributed by atoms with Crippen molar-refractivity contribution in [3.8, 4) is 5.75 Å². The number of hydrogen-bond acceptors (Lipinski definition) is 2. The van der Waals surface area contributed by atoms with Crippen molar-refractivity contribution in [2.45, 2.75) is 51.0 Å². The van der Waals surface area contributed by atoms with E-state index in [-0.39, 0.29) is 0 Å². The van der Waals surface area contributed by atoms with Gasteiger partial charge in [0.15, 0.2) is 0 Å². The van der Waals surface area contributed by atoms with Crippen LogP contribution >= 0.6 is 15.9 Å². The molecule has 0 amide bonds. The second kappa shape index (κ2) is 6.27. The Bertz CT molecular complexity index is 433. The molecular formula is C16H23BrO2. The predicted octanol–water partition coefficient (Wildman–Crippen LogP) is 4.33. The fourth-order valence-corrected chi connectivity index (χ4v) is 3.87. The molecule has 1 N–H and O–H groups in total. The first-order valence-electron chi connectivity index (χ1n) is 7.14. The standard InChI is InChI=1S/C16H23BrO2/c1-3-13-6-4-5-9-16(13,18)11-12-7-8-15(19-2)14(17)10-12/h7-8,10,13,18H,3-6,9,11H2,1-2H3. The lowest BCUT2D eigenvalue weighted by atomic mass is 9.71.